The van der Waals surface area contributed by atoms with Gasteiger partial charge < -0.3 is 16.4 Å². The molecule has 1 aliphatic carbocycles. The number of hydrogen-bond acceptors (Lipinski definition) is 5. The molecule has 2 aromatic rings. The van der Waals surface area contributed by atoms with Crippen LogP contribution in [0.1, 0.15) is 41.5 Å². The Kier molecular flexibility index (Phi) is 4.85. The molecule has 4 N–H and O–H groups in total. The standard InChI is InChI=1S/C20H22FN5O/c21-13-3-1-12(2-4-13)14-7-8-23-10-18(14)26-17-6-5-15(20(22)27)19-16(17)9-24-11-25-19/h1-4,6,9,11,14-15,18,23,26H,5,7-8,10H2,(H2,22,27)/t14-,15?,18?/m1/s1. The van der Waals surface area contributed by atoms with Gasteiger partial charge in [0.2, 0.25) is 5.91 Å². The Labute approximate surface area is 157 Å². The average molecular weight is 367 g/mol. The van der Waals surface area contributed by atoms with Crippen molar-refractivity contribution in [3.05, 3.63) is 65.5 Å². The number of halogens is 1. The van der Waals surface area contributed by atoms with Crippen LogP contribution in [-0.4, -0.2) is 35.0 Å². The molecule has 4 rings (SSSR count). The highest BCUT2D eigenvalue weighted by molar-refractivity contribution is 5.85. The van der Waals surface area contributed by atoms with E-state index >= 15 is 0 Å². The van der Waals surface area contributed by atoms with Crippen LogP contribution in [0.15, 0.2) is 42.9 Å². The van der Waals surface area contributed by atoms with Gasteiger partial charge in [0.1, 0.15) is 12.1 Å². The number of piperidine rings is 1. The van der Waals surface area contributed by atoms with Crippen LogP contribution in [0.25, 0.3) is 5.70 Å². The highest BCUT2D eigenvalue weighted by Crippen LogP contribution is 2.33. The Balaban J connectivity index is 1.60. The molecule has 0 saturated carbocycles. The van der Waals surface area contributed by atoms with E-state index in [0.29, 0.717) is 12.1 Å². The Bertz CT molecular complexity index is 867. The minimum Gasteiger partial charge on any atom is -0.380 e. The van der Waals surface area contributed by atoms with Crippen molar-refractivity contribution in [1.29, 1.82) is 0 Å². The number of carbonyl (C=O) groups excluding carboxylic acids is 1. The first kappa shape index (κ1) is 17.6. The average Bonchev–Trinajstić information content (AvgIpc) is 2.69. The predicted octanol–water partition coefficient (Wildman–Crippen LogP) is 1.66. The molecule has 0 radical (unpaired) electrons. The molecule has 140 valence electrons. The summed E-state index contributed by atoms with van der Waals surface area (Å²) >= 11 is 0. The summed E-state index contributed by atoms with van der Waals surface area (Å²) in [5.74, 6) is -0.773. The van der Waals surface area contributed by atoms with E-state index < -0.39 is 5.92 Å². The van der Waals surface area contributed by atoms with Gasteiger partial charge >= 0.3 is 0 Å². The van der Waals surface area contributed by atoms with Gasteiger partial charge in [0.05, 0.1) is 11.6 Å². The molecule has 27 heavy (non-hydrogen) atoms. The van der Waals surface area contributed by atoms with Crippen molar-refractivity contribution in [2.24, 2.45) is 5.73 Å². The lowest BCUT2D eigenvalue weighted by Gasteiger charge is -2.35. The van der Waals surface area contributed by atoms with Crippen molar-refractivity contribution in [2.75, 3.05) is 13.1 Å². The van der Waals surface area contributed by atoms with Crippen LogP contribution in [0.3, 0.4) is 0 Å². The van der Waals surface area contributed by atoms with Gasteiger partial charge in [-0.3, -0.25) is 4.79 Å². The number of rotatable bonds is 4. The first-order valence-corrected chi connectivity index (χ1v) is 9.16. The van der Waals surface area contributed by atoms with Gasteiger partial charge in [-0.05, 0) is 37.1 Å². The number of nitrogens with one attached hydrogen (secondary N) is 2. The normalized spacial score (nSPS) is 24.6. The van der Waals surface area contributed by atoms with Crippen molar-refractivity contribution in [1.82, 2.24) is 20.6 Å². The van der Waals surface area contributed by atoms with Gasteiger partial charge in [0.25, 0.3) is 0 Å². The van der Waals surface area contributed by atoms with E-state index in [0.717, 1.165) is 36.3 Å². The van der Waals surface area contributed by atoms with Gasteiger partial charge in [-0.1, -0.05) is 18.2 Å². The summed E-state index contributed by atoms with van der Waals surface area (Å²) in [6, 6.07) is 6.86. The summed E-state index contributed by atoms with van der Waals surface area (Å²) < 4.78 is 13.3. The lowest BCUT2D eigenvalue weighted by molar-refractivity contribution is -0.119. The number of carbonyl (C=O) groups is 1. The quantitative estimate of drug-likeness (QED) is 0.764. The molecule has 7 heteroatoms. The number of hydrogen-bond donors (Lipinski definition) is 3. The van der Waals surface area contributed by atoms with Crippen LogP contribution in [0.5, 0.6) is 0 Å². The molecule has 1 aromatic carbocycles. The summed E-state index contributed by atoms with van der Waals surface area (Å²) in [7, 11) is 0. The van der Waals surface area contributed by atoms with Crippen LogP contribution in [0.2, 0.25) is 0 Å². The number of nitrogens with zero attached hydrogens (tertiary/aromatic N) is 2. The van der Waals surface area contributed by atoms with Crippen molar-refractivity contribution in [3.63, 3.8) is 0 Å². The molecule has 3 atom stereocenters. The van der Waals surface area contributed by atoms with Crippen LogP contribution in [0, 0.1) is 5.82 Å². The molecule has 1 aliphatic heterocycles. The third kappa shape index (κ3) is 3.55. The number of allylic oxidation sites excluding steroid dienone is 1. The molecule has 1 amide bonds. The van der Waals surface area contributed by atoms with E-state index in [1.165, 1.54) is 18.5 Å². The summed E-state index contributed by atoms with van der Waals surface area (Å²) in [6.45, 7) is 1.71. The Morgan fingerprint density at radius 3 is 2.89 bits per heavy atom. The number of benzene rings is 1. The zero-order chi connectivity index (χ0) is 18.8. The molecule has 2 unspecified atom stereocenters. The smallest absolute Gasteiger partial charge is 0.226 e. The lowest BCUT2D eigenvalue weighted by atomic mass is 9.84. The van der Waals surface area contributed by atoms with E-state index in [2.05, 4.69) is 20.6 Å². The maximum Gasteiger partial charge on any atom is 0.226 e. The van der Waals surface area contributed by atoms with E-state index in [-0.39, 0.29) is 23.7 Å². The Morgan fingerprint density at radius 1 is 1.30 bits per heavy atom. The van der Waals surface area contributed by atoms with Gasteiger partial charge in [-0.2, -0.15) is 0 Å². The van der Waals surface area contributed by atoms with Gasteiger partial charge in [-0.25, -0.2) is 14.4 Å². The van der Waals surface area contributed by atoms with Crippen LogP contribution in [0.4, 0.5) is 4.39 Å². The maximum atomic E-state index is 13.3. The molecule has 1 fully saturated rings. The minimum absolute atomic E-state index is 0.133. The van der Waals surface area contributed by atoms with Gasteiger partial charge in [0, 0.05) is 36.0 Å². The van der Waals surface area contributed by atoms with E-state index in [1.807, 2.05) is 18.2 Å². The SMILES string of the molecule is NC(=O)C1CC=C(NC2CNCC[C@@H]2c2ccc(F)cc2)c2cncnc21. The first-order valence-electron chi connectivity index (χ1n) is 9.16. The fourth-order valence-corrected chi connectivity index (χ4v) is 3.99. The van der Waals surface area contributed by atoms with Crippen molar-refractivity contribution in [3.8, 4) is 0 Å². The largest absolute Gasteiger partial charge is 0.380 e. The highest BCUT2D eigenvalue weighted by Gasteiger charge is 2.31. The molecule has 2 heterocycles. The molecular formula is C20H22FN5O. The topological polar surface area (TPSA) is 92.9 Å². The number of primary amides is 1. The second-order valence-electron chi connectivity index (χ2n) is 7.03. The van der Waals surface area contributed by atoms with Crippen molar-refractivity contribution >= 4 is 11.6 Å². The fourth-order valence-electron chi connectivity index (χ4n) is 3.99. The van der Waals surface area contributed by atoms with Crippen LogP contribution >= 0.6 is 0 Å². The van der Waals surface area contributed by atoms with E-state index in [9.17, 15) is 9.18 Å². The molecule has 0 bridgehead atoms. The number of nitrogens with two attached hydrogens (primary N) is 1. The lowest BCUT2D eigenvalue weighted by Crippen LogP contribution is -2.47. The summed E-state index contributed by atoms with van der Waals surface area (Å²) in [4.78, 5) is 20.2. The van der Waals surface area contributed by atoms with Crippen molar-refractivity contribution < 1.29 is 9.18 Å². The molecule has 6 nitrogen and oxygen atoms in total. The second-order valence-corrected chi connectivity index (χ2v) is 7.03. The van der Waals surface area contributed by atoms with Gasteiger partial charge in [-0.15, -0.1) is 0 Å². The number of amides is 1. The first-order chi connectivity index (χ1) is 13.1. The van der Waals surface area contributed by atoms with Crippen LogP contribution in [-0.2, 0) is 4.79 Å². The third-order valence-corrected chi connectivity index (χ3v) is 5.39. The number of fused-ring (bicyclic) bond motifs is 1. The third-order valence-electron chi connectivity index (χ3n) is 5.39. The van der Waals surface area contributed by atoms with E-state index in [1.54, 1.807) is 6.20 Å². The molecule has 0 spiro atoms. The predicted molar refractivity (Wildman–Crippen MR) is 100 cm³/mol. The highest BCUT2D eigenvalue weighted by atomic mass is 19.1. The maximum absolute atomic E-state index is 13.3. The Morgan fingerprint density at radius 2 is 2.11 bits per heavy atom. The fraction of sp³-hybridized carbons (Fsp3) is 0.350. The zero-order valence-corrected chi connectivity index (χ0v) is 14.9. The van der Waals surface area contributed by atoms with Gasteiger partial charge in [0.15, 0.2) is 0 Å². The summed E-state index contributed by atoms with van der Waals surface area (Å²) in [6.07, 6.45) is 6.64. The Hall–Kier alpha value is -2.80. The molecule has 1 saturated heterocycles. The number of aromatic nitrogens is 2. The van der Waals surface area contributed by atoms with Crippen molar-refractivity contribution in [2.45, 2.75) is 30.7 Å². The minimum atomic E-state index is -0.425. The monoisotopic (exact) mass is 367 g/mol. The molecule has 1 aromatic heterocycles. The summed E-state index contributed by atoms with van der Waals surface area (Å²) in [5, 5.41) is 7.03. The zero-order valence-electron chi connectivity index (χ0n) is 14.9. The summed E-state index contributed by atoms with van der Waals surface area (Å²) in [5.41, 5.74) is 9.06. The van der Waals surface area contributed by atoms with E-state index in [4.69, 9.17) is 5.73 Å². The second kappa shape index (κ2) is 7.44. The molecule has 2 aliphatic rings. The molecular weight excluding hydrogens is 345 g/mol. The van der Waals surface area contributed by atoms with Crippen LogP contribution < -0.4 is 16.4 Å².